The van der Waals surface area contributed by atoms with Crippen molar-refractivity contribution in [3.63, 3.8) is 0 Å². The Balaban J connectivity index is 2.69. The van der Waals surface area contributed by atoms with Crippen molar-refractivity contribution >= 4 is 17.8 Å². The second-order valence-corrected chi connectivity index (χ2v) is 6.07. The van der Waals surface area contributed by atoms with Crippen LogP contribution >= 0.6 is 0 Å². The highest BCUT2D eigenvalue weighted by Gasteiger charge is 2.33. The van der Waals surface area contributed by atoms with Crippen molar-refractivity contribution in [2.75, 3.05) is 20.7 Å². The average Bonchev–Trinajstić information content (AvgIpc) is 2.88. The number of carbonyl (C=O) groups is 3. The summed E-state index contributed by atoms with van der Waals surface area (Å²) in [6.07, 6.45) is 1.60. The van der Waals surface area contributed by atoms with Crippen LogP contribution in [0, 0.1) is 11.8 Å². The van der Waals surface area contributed by atoms with Crippen LogP contribution in [0.5, 0.6) is 0 Å². The van der Waals surface area contributed by atoms with Gasteiger partial charge < -0.3 is 20.7 Å². The molecule has 0 aliphatic carbocycles. The summed E-state index contributed by atoms with van der Waals surface area (Å²) in [6.45, 7) is 4.66. The molecule has 7 heteroatoms. The van der Waals surface area contributed by atoms with Gasteiger partial charge in [-0.25, -0.2) is 4.79 Å². The quantitative estimate of drug-likeness (QED) is 0.540. The van der Waals surface area contributed by atoms with Gasteiger partial charge in [0, 0.05) is 12.5 Å². The molecule has 126 valence electrons. The highest BCUT2D eigenvalue weighted by molar-refractivity contribution is 5.88. The van der Waals surface area contributed by atoms with Gasteiger partial charge in [0.15, 0.2) is 0 Å². The maximum absolute atomic E-state index is 12.3. The fourth-order valence-corrected chi connectivity index (χ4v) is 2.61. The van der Waals surface area contributed by atoms with Gasteiger partial charge in [0.1, 0.15) is 6.04 Å². The molecule has 0 aromatic carbocycles. The maximum Gasteiger partial charge on any atom is 0.328 e. The lowest BCUT2D eigenvalue weighted by atomic mass is 9.97. The van der Waals surface area contributed by atoms with E-state index in [1.54, 1.807) is 7.05 Å². The van der Waals surface area contributed by atoms with Crippen LogP contribution in [-0.2, 0) is 19.1 Å². The lowest BCUT2D eigenvalue weighted by Gasteiger charge is -2.23. The predicted molar refractivity (Wildman–Crippen MR) is 82.0 cm³/mol. The summed E-state index contributed by atoms with van der Waals surface area (Å²) in [5.74, 6) is -0.754. The molecule has 0 radical (unpaired) electrons. The van der Waals surface area contributed by atoms with Gasteiger partial charge in [0.2, 0.25) is 11.8 Å². The first kappa shape index (κ1) is 18.4. The number of esters is 1. The molecule has 3 N–H and O–H groups in total. The minimum absolute atomic E-state index is 0.0736. The first-order chi connectivity index (χ1) is 10.4. The van der Waals surface area contributed by atoms with E-state index < -0.39 is 12.0 Å². The summed E-state index contributed by atoms with van der Waals surface area (Å²) in [7, 11) is 2.99. The number of hydrogen-bond donors (Lipinski definition) is 3. The van der Waals surface area contributed by atoms with Crippen LogP contribution in [0.25, 0.3) is 0 Å². The van der Waals surface area contributed by atoms with E-state index in [2.05, 4.69) is 16.0 Å². The molecule has 1 aliphatic heterocycles. The minimum Gasteiger partial charge on any atom is -0.467 e. The van der Waals surface area contributed by atoms with Crippen LogP contribution in [-0.4, -0.2) is 50.6 Å². The summed E-state index contributed by atoms with van der Waals surface area (Å²) in [6, 6.07) is -1.17. The molecule has 2 amide bonds. The average molecular weight is 313 g/mol. The molecule has 7 nitrogen and oxygen atoms in total. The van der Waals surface area contributed by atoms with E-state index in [9.17, 15) is 14.4 Å². The summed E-state index contributed by atoms with van der Waals surface area (Å²) in [4.78, 5) is 35.9. The van der Waals surface area contributed by atoms with Gasteiger partial charge in [-0.05, 0) is 32.2 Å². The van der Waals surface area contributed by atoms with Crippen LogP contribution in [0.2, 0.25) is 0 Å². The summed E-state index contributed by atoms with van der Waals surface area (Å²) >= 11 is 0. The zero-order valence-electron chi connectivity index (χ0n) is 13.8. The van der Waals surface area contributed by atoms with Crippen molar-refractivity contribution in [2.45, 2.75) is 45.2 Å². The van der Waals surface area contributed by atoms with E-state index in [0.717, 1.165) is 0 Å². The Labute approximate surface area is 131 Å². The van der Waals surface area contributed by atoms with E-state index >= 15 is 0 Å². The van der Waals surface area contributed by atoms with Crippen molar-refractivity contribution in [1.29, 1.82) is 0 Å². The van der Waals surface area contributed by atoms with E-state index in [1.165, 1.54) is 7.11 Å². The molecule has 3 atom stereocenters. The second kappa shape index (κ2) is 8.73. The van der Waals surface area contributed by atoms with E-state index in [1.807, 2.05) is 13.8 Å². The number of amides is 2. The topological polar surface area (TPSA) is 96.5 Å². The Morgan fingerprint density at radius 1 is 1.36 bits per heavy atom. The molecular weight excluding hydrogens is 286 g/mol. The molecule has 1 fully saturated rings. The number of likely N-dealkylation sites (N-methyl/N-ethyl adjacent to an activating group) is 1. The van der Waals surface area contributed by atoms with Crippen molar-refractivity contribution in [3.05, 3.63) is 0 Å². The lowest BCUT2D eigenvalue weighted by Crippen LogP contribution is -2.51. The van der Waals surface area contributed by atoms with Crippen LogP contribution in [0.15, 0.2) is 0 Å². The van der Waals surface area contributed by atoms with E-state index in [0.29, 0.717) is 25.3 Å². The second-order valence-electron chi connectivity index (χ2n) is 6.07. The van der Waals surface area contributed by atoms with Crippen molar-refractivity contribution in [2.24, 2.45) is 11.8 Å². The fourth-order valence-electron chi connectivity index (χ4n) is 2.61. The number of nitrogens with one attached hydrogen (secondary N) is 3. The Hall–Kier alpha value is -1.63. The number of ether oxygens (including phenoxy) is 1. The molecule has 0 bridgehead atoms. The molecule has 22 heavy (non-hydrogen) atoms. The van der Waals surface area contributed by atoms with Gasteiger partial charge in [-0.1, -0.05) is 13.8 Å². The Bertz CT molecular complexity index is 412. The minimum atomic E-state index is -0.797. The van der Waals surface area contributed by atoms with E-state index in [4.69, 9.17) is 4.74 Å². The normalized spacial score (nSPS) is 20.4. The SMILES string of the molecule is CN[C@@H](CC(C)C)C(=O)N[C@@H](C[C@@H]1CCNC1=O)C(=O)OC. The summed E-state index contributed by atoms with van der Waals surface area (Å²) in [5, 5.41) is 8.40. The summed E-state index contributed by atoms with van der Waals surface area (Å²) < 4.78 is 4.75. The Kier molecular flexibility index (Phi) is 7.31. The number of methoxy groups -OCH3 is 1. The third kappa shape index (κ3) is 5.29. The first-order valence-corrected chi connectivity index (χ1v) is 7.72. The van der Waals surface area contributed by atoms with Crippen LogP contribution < -0.4 is 16.0 Å². The van der Waals surface area contributed by atoms with Gasteiger partial charge in [-0.2, -0.15) is 0 Å². The zero-order valence-corrected chi connectivity index (χ0v) is 13.8. The molecule has 1 heterocycles. The third-order valence-corrected chi connectivity index (χ3v) is 3.86. The third-order valence-electron chi connectivity index (χ3n) is 3.86. The molecule has 0 saturated carbocycles. The highest BCUT2D eigenvalue weighted by atomic mass is 16.5. The highest BCUT2D eigenvalue weighted by Crippen LogP contribution is 2.17. The van der Waals surface area contributed by atoms with E-state index in [-0.39, 0.29) is 30.2 Å². The van der Waals surface area contributed by atoms with Crippen LogP contribution in [0.3, 0.4) is 0 Å². The monoisotopic (exact) mass is 313 g/mol. The molecule has 1 aliphatic rings. The van der Waals surface area contributed by atoms with Gasteiger partial charge in [0.25, 0.3) is 0 Å². The first-order valence-electron chi connectivity index (χ1n) is 7.72. The largest absolute Gasteiger partial charge is 0.467 e. The molecule has 1 rings (SSSR count). The standard InChI is InChI=1S/C15H27N3O4/c1-9(2)7-11(16-3)14(20)18-12(15(21)22-4)8-10-5-6-17-13(10)19/h9-12,16H,5-8H2,1-4H3,(H,17,19)(H,18,20)/t10-,11-,12-/m0/s1. The zero-order chi connectivity index (χ0) is 16.7. The number of rotatable bonds is 8. The van der Waals surface area contributed by atoms with Crippen molar-refractivity contribution in [1.82, 2.24) is 16.0 Å². The van der Waals surface area contributed by atoms with Crippen LogP contribution in [0.1, 0.15) is 33.1 Å². The molecule has 0 unspecified atom stereocenters. The van der Waals surface area contributed by atoms with Gasteiger partial charge in [-0.3, -0.25) is 9.59 Å². The molecule has 0 aromatic heterocycles. The number of carbonyl (C=O) groups excluding carboxylic acids is 3. The Morgan fingerprint density at radius 3 is 2.50 bits per heavy atom. The lowest BCUT2D eigenvalue weighted by molar-refractivity contribution is -0.146. The van der Waals surface area contributed by atoms with Gasteiger partial charge in [-0.15, -0.1) is 0 Å². The molecular formula is C15H27N3O4. The smallest absolute Gasteiger partial charge is 0.328 e. The van der Waals surface area contributed by atoms with Crippen molar-refractivity contribution in [3.8, 4) is 0 Å². The molecule has 1 saturated heterocycles. The fraction of sp³-hybridized carbons (Fsp3) is 0.800. The predicted octanol–water partition coefficient (Wildman–Crippen LogP) is -0.195. The number of hydrogen-bond acceptors (Lipinski definition) is 5. The van der Waals surface area contributed by atoms with Crippen molar-refractivity contribution < 1.29 is 19.1 Å². The summed E-state index contributed by atoms with van der Waals surface area (Å²) in [5.41, 5.74) is 0. The Morgan fingerprint density at radius 2 is 2.05 bits per heavy atom. The molecule has 0 spiro atoms. The van der Waals surface area contributed by atoms with Gasteiger partial charge >= 0.3 is 5.97 Å². The maximum atomic E-state index is 12.3. The van der Waals surface area contributed by atoms with Crippen LogP contribution in [0.4, 0.5) is 0 Å². The van der Waals surface area contributed by atoms with Gasteiger partial charge in [0.05, 0.1) is 13.2 Å². The molecule has 0 aromatic rings.